The van der Waals surface area contributed by atoms with Gasteiger partial charge in [-0.05, 0) is 12.0 Å². The Morgan fingerprint density at radius 2 is 2.37 bits per heavy atom. The number of nitrogens with one attached hydrogen (secondary N) is 1. The van der Waals surface area contributed by atoms with Crippen LogP contribution in [0.4, 0.5) is 5.69 Å². The van der Waals surface area contributed by atoms with Crippen molar-refractivity contribution in [3.05, 3.63) is 39.9 Å². The second kappa shape index (κ2) is 8.57. The molecule has 19 heavy (non-hydrogen) atoms. The van der Waals surface area contributed by atoms with Crippen molar-refractivity contribution < 1.29 is 4.92 Å². The number of rotatable bonds is 8. The molecule has 0 aromatic heterocycles. The van der Waals surface area contributed by atoms with Gasteiger partial charge in [0.05, 0.1) is 10.7 Å². The number of thioether (sulfide) groups is 1. The van der Waals surface area contributed by atoms with Crippen LogP contribution in [0, 0.1) is 22.5 Å². The summed E-state index contributed by atoms with van der Waals surface area (Å²) in [5.74, 6) is 4.24. The van der Waals surface area contributed by atoms with Gasteiger partial charge in [0.25, 0.3) is 5.69 Å². The Labute approximate surface area is 118 Å². The topological polar surface area (TPSA) is 55.2 Å². The molecular formula is C14H18N2O2S. The molecule has 0 aliphatic heterocycles. The van der Waals surface area contributed by atoms with Crippen LogP contribution in [0.3, 0.4) is 0 Å². The summed E-state index contributed by atoms with van der Waals surface area (Å²) in [6, 6.07) is 6.94. The molecule has 0 radical (unpaired) electrons. The zero-order chi connectivity index (χ0) is 14.1. The van der Waals surface area contributed by atoms with Crippen molar-refractivity contribution in [2.24, 2.45) is 0 Å². The number of benzene rings is 1. The highest BCUT2D eigenvalue weighted by Crippen LogP contribution is 2.21. The molecule has 0 spiro atoms. The van der Waals surface area contributed by atoms with E-state index in [2.05, 4.69) is 18.2 Å². The van der Waals surface area contributed by atoms with Crippen LogP contribution >= 0.6 is 11.8 Å². The lowest BCUT2D eigenvalue weighted by molar-refractivity contribution is -0.384. The first-order valence-electron chi connectivity index (χ1n) is 6.18. The van der Waals surface area contributed by atoms with Gasteiger partial charge in [0.15, 0.2) is 0 Å². The zero-order valence-electron chi connectivity index (χ0n) is 11.0. The number of terminal acetylenes is 1. The summed E-state index contributed by atoms with van der Waals surface area (Å²) in [5.41, 5.74) is 1.10. The first-order valence-corrected chi connectivity index (χ1v) is 7.33. The first-order chi connectivity index (χ1) is 9.19. The van der Waals surface area contributed by atoms with E-state index in [1.54, 1.807) is 23.9 Å². The van der Waals surface area contributed by atoms with Crippen molar-refractivity contribution in [3.8, 4) is 12.3 Å². The zero-order valence-corrected chi connectivity index (χ0v) is 11.8. The van der Waals surface area contributed by atoms with E-state index in [1.165, 1.54) is 6.07 Å². The minimum Gasteiger partial charge on any atom is -0.309 e. The largest absolute Gasteiger partial charge is 0.309 e. The molecule has 0 saturated carbocycles. The van der Waals surface area contributed by atoms with Crippen LogP contribution in [0.15, 0.2) is 24.3 Å². The Kier molecular flexibility index (Phi) is 7.01. The average molecular weight is 278 g/mol. The van der Waals surface area contributed by atoms with Crippen molar-refractivity contribution in [1.29, 1.82) is 0 Å². The standard InChI is InChI=1S/C14H18N2O2S/c1-3-9-19-10-8-15-14(4-2)12-6-5-7-13(11-12)16(17)18/h1,5-7,11,14-15H,4,8-10H2,2H3. The van der Waals surface area contributed by atoms with Crippen LogP contribution in [-0.4, -0.2) is 23.0 Å². The maximum absolute atomic E-state index is 10.8. The maximum Gasteiger partial charge on any atom is 0.269 e. The van der Waals surface area contributed by atoms with Crippen molar-refractivity contribution in [1.82, 2.24) is 5.32 Å². The molecule has 1 atom stereocenters. The Balaban J connectivity index is 2.57. The molecule has 1 N–H and O–H groups in total. The minimum absolute atomic E-state index is 0.138. The smallest absolute Gasteiger partial charge is 0.269 e. The normalized spacial score (nSPS) is 11.8. The lowest BCUT2D eigenvalue weighted by Crippen LogP contribution is -2.23. The van der Waals surface area contributed by atoms with E-state index in [1.807, 2.05) is 6.07 Å². The molecule has 0 amide bonds. The molecule has 1 rings (SSSR count). The fraction of sp³-hybridized carbons (Fsp3) is 0.429. The van der Waals surface area contributed by atoms with Crippen molar-refractivity contribution in [2.75, 3.05) is 18.1 Å². The summed E-state index contributed by atoms with van der Waals surface area (Å²) in [5, 5.41) is 14.2. The van der Waals surface area contributed by atoms with E-state index < -0.39 is 0 Å². The van der Waals surface area contributed by atoms with E-state index >= 15 is 0 Å². The summed E-state index contributed by atoms with van der Waals surface area (Å²) in [6.45, 7) is 2.90. The Morgan fingerprint density at radius 3 is 3.00 bits per heavy atom. The number of hydrogen-bond donors (Lipinski definition) is 1. The number of nitrogens with zero attached hydrogens (tertiary/aromatic N) is 1. The van der Waals surface area contributed by atoms with Gasteiger partial charge in [0.2, 0.25) is 0 Å². The number of hydrogen-bond acceptors (Lipinski definition) is 4. The summed E-state index contributed by atoms with van der Waals surface area (Å²) in [6.07, 6.45) is 6.07. The van der Waals surface area contributed by atoms with Crippen molar-refractivity contribution in [2.45, 2.75) is 19.4 Å². The number of non-ortho nitro benzene ring substituents is 1. The van der Waals surface area contributed by atoms with Gasteiger partial charge in [0, 0.05) is 30.5 Å². The third-order valence-electron chi connectivity index (χ3n) is 2.71. The Morgan fingerprint density at radius 1 is 1.58 bits per heavy atom. The van der Waals surface area contributed by atoms with Gasteiger partial charge in [-0.3, -0.25) is 10.1 Å². The van der Waals surface area contributed by atoms with Gasteiger partial charge in [0.1, 0.15) is 0 Å². The van der Waals surface area contributed by atoms with Gasteiger partial charge >= 0.3 is 0 Å². The van der Waals surface area contributed by atoms with Crippen molar-refractivity contribution in [3.63, 3.8) is 0 Å². The molecule has 0 aliphatic rings. The molecule has 4 nitrogen and oxygen atoms in total. The fourth-order valence-electron chi connectivity index (χ4n) is 1.79. The molecule has 0 fully saturated rings. The third-order valence-corrected chi connectivity index (χ3v) is 3.58. The SMILES string of the molecule is C#CCSCCNC(CC)c1cccc([N+](=O)[O-])c1. The van der Waals surface area contributed by atoms with E-state index in [4.69, 9.17) is 6.42 Å². The summed E-state index contributed by atoms with van der Waals surface area (Å²) >= 11 is 1.70. The highest BCUT2D eigenvalue weighted by atomic mass is 32.2. The lowest BCUT2D eigenvalue weighted by atomic mass is 10.0. The van der Waals surface area contributed by atoms with Gasteiger partial charge in [-0.15, -0.1) is 18.2 Å². The monoisotopic (exact) mass is 278 g/mol. The van der Waals surface area contributed by atoms with Crippen LogP contribution in [-0.2, 0) is 0 Å². The average Bonchev–Trinajstić information content (AvgIpc) is 2.43. The van der Waals surface area contributed by atoms with E-state index in [0.717, 1.165) is 30.0 Å². The van der Waals surface area contributed by atoms with E-state index in [9.17, 15) is 10.1 Å². The molecule has 0 heterocycles. The van der Waals surface area contributed by atoms with Crippen LogP contribution in [0.5, 0.6) is 0 Å². The summed E-state index contributed by atoms with van der Waals surface area (Å²) in [4.78, 5) is 10.4. The third kappa shape index (κ3) is 5.33. The predicted molar refractivity (Wildman–Crippen MR) is 80.3 cm³/mol. The first kappa shape index (κ1) is 15.5. The van der Waals surface area contributed by atoms with Gasteiger partial charge in [-0.25, -0.2) is 0 Å². The Hall–Kier alpha value is -1.51. The molecule has 5 heteroatoms. The highest BCUT2D eigenvalue weighted by molar-refractivity contribution is 7.99. The van der Waals surface area contributed by atoms with E-state index in [0.29, 0.717) is 0 Å². The number of nitro groups is 1. The van der Waals surface area contributed by atoms with Gasteiger partial charge < -0.3 is 5.32 Å². The van der Waals surface area contributed by atoms with E-state index in [-0.39, 0.29) is 16.7 Å². The minimum atomic E-state index is -0.362. The van der Waals surface area contributed by atoms with Crippen molar-refractivity contribution >= 4 is 17.4 Å². The molecule has 1 aromatic rings. The second-order valence-corrected chi connectivity index (χ2v) is 5.13. The molecule has 0 aliphatic carbocycles. The van der Waals surface area contributed by atoms with Crippen LogP contribution in [0.1, 0.15) is 24.9 Å². The van der Waals surface area contributed by atoms with Gasteiger partial charge in [-0.2, -0.15) is 0 Å². The number of nitro benzene ring substituents is 1. The van der Waals surface area contributed by atoms with Crippen LogP contribution < -0.4 is 5.32 Å². The second-order valence-electron chi connectivity index (χ2n) is 4.02. The van der Waals surface area contributed by atoms with Gasteiger partial charge in [-0.1, -0.05) is 25.0 Å². The predicted octanol–water partition coefficient (Wildman–Crippen LogP) is 3.00. The fourth-order valence-corrected chi connectivity index (χ4v) is 2.31. The molecule has 1 aromatic carbocycles. The van der Waals surface area contributed by atoms with Crippen LogP contribution in [0.2, 0.25) is 0 Å². The summed E-state index contributed by atoms with van der Waals surface area (Å²) < 4.78 is 0. The highest BCUT2D eigenvalue weighted by Gasteiger charge is 2.12. The lowest BCUT2D eigenvalue weighted by Gasteiger charge is -2.17. The Bertz CT molecular complexity index is 457. The quantitative estimate of drug-likeness (QED) is 0.344. The molecule has 102 valence electrons. The molecular weight excluding hydrogens is 260 g/mol. The summed E-state index contributed by atoms with van der Waals surface area (Å²) in [7, 11) is 0. The maximum atomic E-state index is 10.8. The molecule has 0 bridgehead atoms. The van der Waals surface area contributed by atoms with Crippen LogP contribution in [0.25, 0.3) is 0 Å². The molecule has 1 unspecified atom stereocenters. The molecule has 0 saturated heterocycles.